The summed E-state index contributed by atoms with van der Waals surface area (Å²) in [5.74, 6) is 1.94. The van der Waals surface area contributed by atoms with Gasteiger partial charge in [-0.05, 0) is 49.1 Å². The van der Waals surface area contributed by atoms with Crippen molar-refractivity contribution < 1.29 is 14.3 Å². The Kier molecular flexibility index (Phi) is 7.06. The van der Waals surface area contributed by atoms with Crippen LogP contribution >= 0.6 is 0 Å². The van der Waals surface area contributed by atoms with Crippen LogP contribution in [0.25, 0.3) is 0 Å². The Hall–Kier alpha value is -2.83. The van der Waals surface area contributed by atoms with Crippen molar-refractivity contribution in [3.63, 3.8) is 0 Å². The lowest BCUT2D eigenvalue weighted by molar-refractivity contribution is 0.0921. The number of anilines is 1. The van der Waals surface area contributed by atoms with Crippen molar-refractivity contribution in [3.05, 3.63) is 41.6 Å². The van der Waals surface area contributed by atoms with E-state index in [0.29, 0.717) is 29.6 Å². The number of benzene rings is 1. The minimum Gasteiger partial charge on any atom is -0.493 e. The molecule has 0 radical (unpaired) electrons. The van der Waals surface area contributed by atoms with Crippen LogP contribution in [-0.4, -0.2) is 42.9 Å². The number of carbonyl (C=O) groups is 1. The molecule has 1 aliphatic rings. The summed E-state index contributed by atoms with van der Waals surface area (Å²) in [5.41, 5.74) is 1.48. The number of hydrogen-bond donors (Lipinski definition) is 2. The van der Waals surface area contributed by atoms with E-state index in [1.54, 1.807) is 26.4 Å². The smallest absolute Gasteiger partial charge is 0.272 e. The van der Waals surface area contributed by atoms with Gasteiger partial charge in [0.25, 0.3) is 5.91 Å². The molecule has 0 saturated heterocycles. The molecule has 0 spiro atoms. The van der Waals surface area contributed by atoms with Crippen molar-refractivity contribution in [3.8, 4) is 11.5 Å². The second kappa shape index (κ2) is 9.92. The minimum absolute atomic E-state index is 0.142. The molecule has 1 fully saturated rings. The van der Waals surface area contributed by atoms with Gasteiger partial charge in [-0.2, -0.15) is 0 Å². The van der Waals surface area contributed by atoms with Crippen molar-refractivity contribution in [2.24, 2.45) is 0 Å². The van der Waals surface area contributed by atoms with Crippen LogP contribution in [0.5, 0.6) is 11.5 Å². The molecule has 1 aromatic carbocycles. The number of carbonyl (C=O) groups excluding carboxylic acids is 1. The van der Waals surface area contributed by atoms with Gasteiger partial charge in [0.1, 0.15) is 5.82 Å². The molecule has 1 saturated carbocycles. The highest BCUT2D eigenvalue weighted by Gasteiger charge is 2.17. The first-order valence-electron chi connectivity index (χ1n) is 9.79. The normalized spacial score (nSPS) is 14.4. The Morgan fingerprint density at radius 3 is 2.50 bits per heavy atom. The quantitative estimate of drug-likeness (QED) is 0.727. The highest BCUT2D eigenvalue weighted by molar-refractivity contribution is 5.92. The third kappa shape index (κ3) is 5.34. The maximum atomic E-state index is 12.3. The summed E-state index contributed by atoms with van der Waals surface area (Å²) < 4.78 is 10.6. The van der Waals surface area contributed by atoms with Gasteiger partial charge in [-0.25, -0.2) is 0 Å². The number of hydrogen-bond acceptors (Lipinski definition) is 6. The molecule has 150 valence electrons. The lowest BCUT2D eigenvalue weighted by Crippen LogP contribution is -2.36. The molecule has 0 unspecified atom stereocenters. The highest BCUT2D eigenvalue weighted by atomic mass is 16.5. The Bertz CT molecular complexity index is 774. The first kappa shape index (κ1) is 19.9. The van der Waals surface area contributed by atoms with Gasteiger partial charge in [-0.15, -0.1) is 10.2 Å². The van der Waals surface area contributed by atoms with Crippen LogP contribution in [0.3, 0.4) is 0 Å². The number of ether oxygens (including phenoxy) is 2. The fourth-order valence-electron chi connectivity index (χ4n) is 3.42. The van der Waals surface area contributed by atoms with Gasteiger partial charge in [-0.1, -0.05) is 25.3 Å². The predicted octanol–water partition coefficient (Wildman–Crippen LogP) is 3.21. The first-order valence-corrected chi connectivity index (χ1v) is 9.79. The molecule has 7 nitrogen and oxygen atoms in total. The van der Waals surface area contributed by atoms with E-state index in [-0.39, 0.29) is 11.9 Å². The first-order chi connectivity index (χ1) is 13.7. The van der Waals surface area contributed by atoms with Gasteiger partial charge in [0.05, 0.1) is 14.2 Å². The van der Waals surface area contributed by atoms with E-state index in [1.165, 1.54) is 19.3 Å². The number of aromatic nitrogens is 2. The van der Waals surface area contributed by atoms with Gasteiger partial charge >= 0.3 is 0 Å². The average Bonchev–Trinajstić information content (AvgIpc) is 2.74. The maximum Gasteiger partial charge on any atom is 0.272 e. The molecule has 0 atom stereocenters. The zero-order chi connectivity index (χ0) is 19.8. The van der Waals surface area contributed by atoms with Crippen LogP contribution in [0.4, 0.5) is 5.82 Å². The third-order valence-corrected chi connectivity index (χ3v) is 5.01. The summed E-state index contributed by atoms with van der Waals surface area (Å²) in [6, 6.07) is 9.63. The number of methoxy groups -OCH3 is 2. The van der Waals surface area contributed by atoms with E-state index in [1.807, 2.05) is 18.2 Å². The fraction of sp³-hybridized carbons (Fsp3) is 0.476. The Labute approximate surface area is 165 Å². The van der Waals surface area contributed by atoms with E-state index in [9.17, 15) is 4.79 Å². The lowest BCUT2D eigenvalue weighted by atomic mass is 9.95. The molecular weight excluding hydrogens is 356 g/mol. The summed E-state index contributed by atoms with van der Waals surface area (Å²) in [5, 5.41) is 14.5. The SMILES string of the molecule is COc1ccc(CCNc2ccc(C(=O)NC3CCCCC3)nn2)cc1OC. The van der Waals surface area contributed by atoms with Crippen LogP contribution in [-0.2, 0) is 6.42 Å². The van der Waals surface area contributed by atoms with Crippen molar-refractivity contribution in [2.75, 3.05) is 26.1 Å². The fourth-order valence-corrected chi connectivity index (χ4v) is 3.42. The van der Waals surface area contributed by atoms with Crippen LogP contribution in [0.15, 0.2) is 30.3 Å². The molecular formula is C21H28N4O3. The molecule has 0 bridgehead atoms. The van der Waals surface area contributed by atoms with E-state index < -0.39 is 0 Å². The molecule has 3 rings (SSSR count). The third-order valence-electron chi connectivity index (χ3n) is 5.01. The van der Waals surface area contributed by atoms with Crippen molar-refractivity contribution >= 4 is 11.7 Å². The molecule has 2 aromatic rings. The van der Waals surface area contributed by atoms with E-state index >= 15 is 0 Å². The Morgan fingerprint density at radius 2 is 1.82 bits per heavy atom. The Morgan fingerprint density at radius 1 is 1.04 bits per heavy atom. The zero-order valence-electron chi connectivity index (χ0n) is 16.5. The van der Waals surface area contributed by atoms with Gasteiger partial charge in [0.15, 0.2) is 17.2 Å². The van der Waals surface area contributed by atoms with Crippen LogP contribution < -0.4 is 20.1 Å². The lowest BCUT2D eigenvalue weighted by Gasteiger charge is -2.22. The van der Waals surface area contributed by atoms with Crippen molar-refractivity contribution in [1.82, 2.24) is 15.5 Å². The van der Waals surface area contributed by atoms with E-state index in [0.717, 1.165) is 24.8 Å². The summed E-state index contributed by atoms with van der Waals surface area (Å²) >= 11 is 0. The number of amides is 1. The largest absolute Gasteiger partial charge is 0.493 e. The summed E-state index contributed by atoms with van der Waals surface area (Å²) in [4.78, 5) is 12.3. The number of nitrogens with zero attached hydrogens (tertiary/aromatic N) is 2. The second-order valence-corrected chi connectivity index (χ2v) is 6.98. The second-order valence-electron chi connectivity index (χ2n) is 6.98. The van der Waals surface area contributed by atoms with Gasteiger partial charge < -0.3 is 20.1 Å². The monoisotopic (exact) mass is 384 g/mol. The van der Waals surface area contributed by atoms with Crippen LogP contribution in [0.2, 0.25) is 0 Å². The van der Waals surface area contributed by atoms with Gasteiger partial charge in [0, 0.05) is 12.6 Å². The zero-order valence-corrected chi connectivity index (χ0v) is 16.5. The molecule has 28 heavy (non-hydrogen) atoms. The maximum absolute atomic E-state index is 12.3. The average molecular weight is 384 g/mol. The minimum atomic E-state index is -0.142. The number of nitrogens with one attached hydrogen (secondary N) is 2. The molecule has 1 amide bonds. The summed E-state index contributed by atoms with van der Waals surface area (Å²) in [6.07, 6.45) is 6.52. The van der Waals surface area contributed by atoms with Crippen LogP contribution in [0, 0.1) is 0 Å². The molecule has 2 N–H and O–H groups in total. The van der Waals surface area contributed by atoms with Crippen molar-refractivity contribution in [2.45, 2.75) is 44.6 Å². The highest BCUT2D eigenvalue weighted by Crippen LogP contribution is 2.27. The topological polar surface area (TPSA) is 85.4 Å². The molecule has 7 heteroatoms. The van der Waals surface area contributed by atoms with Gasteiger partial charge in [-0.3, -0.25) is 4.79 Å². The Balaban J connectivity index is 1.48. The molecule has 1 heterocycles. The van der Waals surface area contributed by atoms with E-state index in [4.69, 9.17) is 9.47 Å². The standard InChI is InChI=1S/C21H28N4O3/c1-27-18-10-8-15(14-19(18)28-2)12-13-22-20-11-9-17(24-25-20)21(26)23-16-6-4-3-5-7-16/h8-11,14,16H,3-7,12-13H2,1-2H3,(H,22,25)(H,23,26). The van der Waals surface area contributed by atoms with Gasteiger partial charge in [0.2, 0.25) is 0 Å². The predicted molar refractivity (Wildman–Crippen MR) is 108 cm³/mol. The molecule has 1 aromatic heterocycles. The molecule has 1 aliphatic carbocycles. The van der Waals surface area contributed by atoms with Crippen molar-refractivity contribution in [1.29, 1.82) is 0 Å². The van der Waals surface area contributed by atoms with E-state index in [2.05, 4.69) is 20.8 Å². The summed E-state index contributed by atoms with van der Waals surface area (Å²) in [7, 11) is 3.25. The number of rotatable bonds is 8. The van der Waals surface area contributed by atoms with Crippen LogP contribution in [0.1, 0.15) is 48.2 Å². The summed E-state index contributed by atoms with van der Waals surface area (Å²) in [6.45, 7) is 0.692. The molecule has 0 aliphatic heterocycles.